The molecule has 1 aromatic carbocycles. The molecule has 5 heteroatoms. The molecular formula is C17H20N2O3. The highest BCUT2D eigenvalue weighted by atomic mass is 16.5. The van der Waals surface area contributed by atoms with E-state index in [1.807, 2.05) is 42.2 Å². The van der Waals surface area contributed by atoms with Crippen molar-refractivity contribution in [3.05, 3.63) is 59.5 Å². The first kappa shape index (κ1) is 14.8. The molecule has 2 N–H and O–H groups in total. The van der Waals surface area contributed by atoms with Gasteiger partial charge in [0.05, 0.1) is 31.3 Å². The van der Waals surface area contributed by atoms with Crippen LogP contribution in [0.1, 0.15) is 34.7 Å². The van der Waals surface area contributed by atoms with E-state index in [0.29, 0.717) is 31.0 Å². The van der Waals surface area contributed by atoms with E-state index in [1.165, 1.54) is 6.26 Å². The van der Waals surface area contributed by atoms with Gasteiger partial charge in [0.1, 0.15) is 18.1 Å². The van der Waals surface area contributed by atoms with Gasteiger partial charge in [-0.2, -0.15) is 0 Å². The lowest BCUT2D eigenvalue weighted by Gasteiger charge is -2.38. The fraction of sp³-hybridized carbons (Fsp3) is 0.353. The van der Waals surface area contributed by atoms with Crippen LogP contribution in [0.25, 0.3) is 0 Å². The topological polar surface area (TPSA) is 68.7 Å². The molecule has 1 aliphatic heterocycles. The average molecular weight is 300 g/mol. The van der Waals surface area contributed by atoms with Gasteiger partial charge < -0.3 is 19.8 Å². The lowest BCUT2D eigenvalue weighted by molar-refractivity contribution is -0.0486. The Bertz CT molecular complexity index is 638. The van der Waals surface area contributed by atoms with Crippen molar-refractivity contribution in [3.8, 4) is 0 Å². The predicted octanol–water partition coefficient (Wildman–Crippen LogP) is 2.34. The molecule has 0 saturated carbocycles. The molecule has 1 aliphatic rings. The third-order valence-corrected chi connectivity index (χ3v) is 3.97. The van der Waals surface area contributed by atoms with Gasteiger partial charge in [-0.15, -0.1) is 0 Å². The van der Waals surface area contributed by atoms with E-state index >= 15 is 0 Å². The molecule has 2 heterocycles. The minimum atomic E-state index is -0.0952. The molecule has 0 bridgehead atoms. The third-order valence-electron chi connectivity index (χ3n) is 3.97. The fourth-order valence-electron chi connectivity index (χ4n) is 2.67. The second-order valence-corrected chi connectivity index (χ2v) is 5.55. The Labute approximate surface area is 129 Å². The summed E-state index contributed by atoms with van der Waals surface area (Å²) in [6.45, 7) is 3.33. The normalized spacial score (nSPS) is 21.8. The molecule has 5 nitrogen and oxygen atoms in total. The maximum atomic E-state index is 12.7. The lowest BCUT2D eigenvalue weighted by Crippen LogP contribution is -2.48. The maximum absolute atomic E-state index is 12.7. The molecule has 1 aromatic heterocycles. The zero-order chi connectivity index (χ0) is 15.5. The largest absolute Gasteiger partial charge is 0.467 e. The summed E-state index contributed by atoms with van der Waals surface area (Å²) in [5.74, 6) is 0.573. The van der Waals surface area contributed by atoms with E-state index < -0.39 is 0 Å². The van der Waals surface area contributed by atoms with Crippen LogP contribution in [0.4, 0.5) is 0 Å². The van der Waals surface area contributed by atoms with E-state index in [2.05, 4.69) is 0 Å². The second kappa shape index (κ2) is 6.34. The summed E-state index contributed by atoms with van der Waals surface area (Å²) in [5, 5.41) is 0. The molecule has 1 amide bonds. The van der Waals surface area contributed by atoms with Crippen LogP contribution >= 0.6 is 0 Å². The van der Waals surface area contributed by atoms with Crippen LogP contribution in [0.3, 0.4) is 0 Å². The summed E-state index contributed by atoms with van der Waals surface area (Å²) in [5.41, 5.74) is 7.16. The summed E-state index contributed by atoms with van der Waals surface area (Å²) in [4.78, 5) is 14.5. The molecule has 0 aliphatic carbocycles. The zero-order valence-corrected chi connectivity index (χ0v) is 12.6. The number of furan rings is 1. The fourth-order valence-corrected chi connectivity index (χ4v) is 2.67. The highest BCUT2D eigenvalue weighted by molar-refractivity contribution is 5.94. The first-order valence-corrected chi connectivity index (χ1v) is 7.44. The summed E-state index contributed by atoms with van der Waals surface area (Å²) in [7, 11) is 0. The SMILES string of the molecule is CC1COC(c2ccccc2)CN1C(=O)c1coc(CN)c1. The van der Waals surface area contributed by atoms with Gasteiger partial charge in [-0.3, -0.25) is 4.79 Å². The third kappa shape index (κ3) is 2.91. The van der Waals surface area contributed by atoms with Crippen LogP contribution < -0.4 is 5.73 Å². The van der Waals surface area contributed by atoms with Gasteiger partial charge in [-0.05, 0) is 18.6 Å². The molecule has 1 fully saturated rings. The quantitative estimate of drug-likeness (QED) is 0.944. The molecule has 22 heavy (non-hydrogen) atoms. The van der Waals surface area contributed by atoms with Crippen molar-refractivity contribution in [2.75, 3.05) is 13.2 Å². The highest BCUT2D eigenvalue weighted by Crippen LogP contribution is 2.26. The Morgan fingerprint density at radius 2 is 2.14 bits per heavy atom. The molecular weight excluding hydrogens is 280 g/mol. The summed E-state index contributed by atoms with van der Waals surface area (Å²) in [6.07, 6.45) is 1.38. The molecule has 2 unspecified atom stereocenters. The minimum Gasteiger partial charge on any atom is -0.467 e. The Kier molecular flexibility index (Phi) is 4.27. The molecule has 0 radical (unpaired) electrons. The van der Waals surface area contributed by atoms with Crippen LogP contribution in [-0.4, -0.2) is 30.0 Å². The predicted molar refractivity (Wildman–Crippen MR) is 82.2 cm³/mol. The number of hydrogen-bond donors (Lipinski definition) is 1. The van der Waals surface area contributed by atoms with E-state index in [9.17, 15) is 4.79 Å². The maximum Gasteiger partial charge on any atom is 0.257 e. The number of carbonyl (C=O) groups excluding carboxylic acids is 1. The van der Waals surface area contributed by atoms with Crippen molar-refractivity contribution in [2.45, 2.75) is 25.6 Å². The Balaban J connectivity index is 1.78. The number of morpholine rings is 1. The van der Waals surface area contributed by atoms with Crippen molar-refractivity contribution in [3.63, 3.8) is 0 Å². The number of benzene rings is 1. The van der Waals surface area contributed by atoms with Gasteiger partial charge in [0, 0.05) is 0 Å². The van der Waals surface area contributed by atoms with E-state index in [-0.39, 0.29) is 18.1 Å². The van der Waals surface area contributed by atoms with Crippen LogP contribution in [0, 0.1) is 0 Å². The number of carbonyl (C=O) groups is 1. The monoisotopic (exact) mass is 300 g/mol. The smallest absolute Gasteiger partial charge is 0.257 e. The number of nitrogens with zero attached hydrogens (tertiary/aromatic N) is 1. The van der Waals surface area contributed by atoms with Crippen molar-refractivity contribution in [1.82, 2.24) is 4.90 Å². The van der Waals surface area contributed by atoms with Crippen molar-refractivity contribution >= 4 is 5.91 Å². The van der Waals surface area contributed by atoms with Gasteiger partial charge in [-0.25, -0.2) is 0 Å². The van der Waals surface area contributed by atoms with E-state index in [1.54, 1.807) is 6.07 Å². The van der Waals surface area contributed by atoms with E-state index in [0.717, 1.165) is 5.56 Å². The van der Waals surface area contributed by atoms with Crippen LogP contribution in [0.2, 0.25) is 0 Å². The van der Waals surface area contributed by atoms with Crippen LogP contribution in [0.15, 0.2) is 47.1 Å². The number of ether oxygens (including phenoxy) is 1. The number of amides is 1. The highest BCUT2D eigenvalue weighted by Gasteiger charge is 2.31. The summed E-state index contributed by atoms with van der Waals surface area (Å²) in [6, 6.07) is 11.7. The zero-order valence-electron chi connectivity index (χ0n) is 12.6. The standard InChI is InChI=1S/C17H20N2O3/c1-12-10-22-16(13-5-3-2-4-6-13)9-19(12)17(20)14-7-15(8-18)21-11-14/h2-7,11-12,16H,8-10,18H2,1H3. The van der Waals surface area contributed by atoms with Crippen molar-refractivity contribution < 1.29 is 13.9 Å². The first-order valence-electron chi connectivity index (χ1n) is 7.44. The van der Waals surface area contributed by atoms with Gasteiger partial charge in [0.2, 0.25) is 0 Å². The molecule has 116 valence electrons. The second-order valence-electron chi connectivity index (χ2n) is 5.55. The molecule has 3 rings (SSSR count). The van der Waals surface area contributed by atoms with E-state index in [4.69, 9.17) is 14.9 Å². The van der Waals surface area contributed by atoms with Crippen LogP contribution in [0.5, 0.6) is 0 Å². The van der Waals surface area contributed by atoms with Gasteiger partial charge in [0.25, 0.3) is 5.91 Å². The van der Waals surface area contributed by atoms with Crippen molar-refractivity contribution in [1.29, 1.82) is 0 Å². The van der Waals surface area contributed by atoms with Gasteiger partial charge >= 0.3 is 0 Å². The molecule has 2 aromatic rings. The van der Waals surface area contributed by atoms with Crippen LogP contribution in [-0.2, 0) is 11.3 Å². The number of nitrogens with two attached hydrogens (primary N) is 1. The lowest BCUT2D eigenvalue weighted by atomic mass is 10.1. The average Bonchev–Trinajstić information content (AvgIpc) is 3.04. The van der Waals surface area contributed by atoms with Crippen molar-refractivity contribution in [2.24, 2.45) is 5.73 Å². The van der Waals surface area contributed by atoms with Gasteiger partial charge in [0.15, 0.2) is 0 Å². The number of rotatable bonds is 3. The summed E-state index contributed by atoms with van der Waals surface area (Å²) >= 11 is 0. The molecule has 0 spiro atoms. The van der Waals surface area contributed by atoms with Gasteiger partial charge in [-0.1, -0.05) is 30.3 Å². The first-order chi connectivity index (χ1) is 10.7. The Morgan fingerprint density at radius 3 is 2.82 bits per heavy atom. The summed E-state index contributed by atoms with van der Waals surface area (Å²) < 4.78 is 11.2. The number of hydrogen-bond acceptors (Lipinski definition) is 4. The Morgan fingerprint density at radius 1 is 1.36 bits per heavy atom. The molecule has 2 atom stereocenters. The Hall–Kier alpha value is -2.11. The minimum absolute atomic E-state index is 0.0312. The molecule has 1 saturated heterocycles.